The van der Waals surface area contributed by atoms with E-state index in [4.69, 9.17) is 9.82 Å². The number of likely N-dealkylation sites (tertiary alicyclic amines) is 1. The second kappa shape index (κ2) is 10.1. The molecule has 36 heavy (non-hydrogen) atoms. The average Bonchev–Trinajstić information content (AvgIpc) is 3.59. The fourth-order valence-electron chi connectivity index (χ4n) is 4.43. The number of amides is 1. The lowest BCUT2D eigenvalue weighted by Crippen LogP contribution is -2.40. The van der Waals surface area contributed by atoms with Crippen molar-refractivity contribution < 1.29 is 22.8 Å². The van der Waals surface area contributed by atoms with Gasteiger partial charge in [0.25, 0.3) is 0 Å². The minimum atomic E-state index is -4.53. The van der Waals surface area contributed by atoms with E-state index in [0.29, 0.717) is 25.2 Å². The van der Waals surface area contributed by atoms with Crippen molar-refractivity contribution in [2.24, 2.45) is 5.16 Å². The number of hydrogen-bond acceptors (Lipinski definition) is 6. The van der Waals surface area contributed by atoms with Gasteiger partial charge in [0, 0.05) is 40.1 Å². The maximum absolute atomic E-state index is 12.9. The molecule has 0 radical (unpaired) electrons. The van der Waals surface area contributed by atoms with Crippen molar-refractivity contribution in [2.75, 3.05) is 13.1 Å². The van der Waals surface area contributed by atoms with Gasteiger partial charge in [-0.05, 0) is 66.1 Å². The summed E-state index contributed by atoms with van der Waals surface area (Å²) >= 11 is 3.87. The molecule has 7 nitrogen and oxygen atoms in total. The molecule has 0 bridgehead atoms. The predicted octanol–water partition coefficient (Wildman–Crippen LogP) is 5.54. The van der Waals surface area contributed by atoms with Gasteiger partial charge in [0.1, 0.15) is 12.3 Å². The molecule has 0 spiro atoms. The molecular weight excluding hydrogens is 606 g/mol. The predicted molar refractivity (Wildman–Crippen MR) is 137 cm³/mol. The van der Waals surface area contributed by atoms with Crippen LogP contribution in [0.5, 0.6) is 0 Å². The minimum absolute atomic E-state index is 0.111. The first kappa shape index (κ1) is 25.2. The maximum atomic E-state index is 12.9. The standard InChI is InChI=1S/C24H23F3IN5O2S/c1-14-9-21(24(25,26)27)30-33(14)12-22(34)32-7-5-15(6-8-32)23-29-19(13-36-23)18-11-20(35-31-18)16-3-2-4-17(28)10-16/h2-4,9-10,13,15,20H,5-8,11-12H2,1H3. The molecule has 0 N–H and O–H groups in total. The van der Waals surface area contributed by atoms with E-state index in [1.165, 1.54) is 6.92 Å². The van der Waals surface area contributed by atoms with Crippen LogP contribution in [0.2, 0.25) is 0 Å². The first-order chi connectivity index (χ1) is 17.2. The van der Waals surface area contributed by atoms with Crippen molar-refractivity contribution in [3.05, 3.63) is 66.9 Å². The summed E-state index contributed by atoms with van der Waals surface area (Å²) in [6, 6.07) is 9.13. The van der Waals surface area contributed by atoms with Crippen LogP contribution >= 0.6 is 33.9 Å². The minimum Gasteiger partial charge on any atom is -0.387 e. The molecular formula is C24H23F3IN5O2S. The number of piperidine rings is 1. The Morgan fingerprint density at radius 1 is 1.25 bits per heavy atom. The van der Waals surface area contributed by atoms with Gasteiger partial charge in [-0.1, -0.05) is 17.3 Å². The van der Waals surface area contributed by atoms with Crippen LogP contribution in [0.4, 0.5) is 13.2 Å². The zero-order valence-electron chi connectivity index (χ0n) is 19.3. The van der Waals surface area contributed by atoms with Crippen LogP contribution in [0.25, 0.3) is 0 Å². The molecule has 4 heterocycles. The topological polar surface area (TPSA) is 72.6 Å². The second-order valence-electron chi connectivity index (χ2n) is 8.94. The molecule has 1 atom stereocenters. The number of hydrogen-bond donors (Lipinski definition) is 0. The lowest BCUT2D eigenvalue weighted by Gasteiger charge is -2.31. The van der Waals surface area contributed by atoms with Gasteiger partial charge in [-0.3, -0.25) is 9.48 Å². The van der Waals surface area contributed by atoms with E-state index in [0.717, 1.165) is 49.1 Å². The molecule has 1 unspecified atom stereocenters. The SMILES string of the molecule is Cc1cc(C(F)(F)F)nn1CC(=O)N1CCC(c2nc(C3=NOC(c4cccc(I)c4)C3)cs2)CC1. The van der Waals surface area contributed by atoms with Crippen molar-refractivity contribution in [3.63, 3.8) is 0 Å². The van der Waals surface area contributed by atoms with E-state index in [1.807, 2.05) is 23.6 Å². The monoisotopic (exact) mass is 629 g/mol. The largest absolute Gasteiger partial charge is 0.435 e. The first-order valence-corrected chi connectivity index (χ1v) is 13.5. The number of nitrogens with zero attached hydrogens (tertiary/aromatic N) is 5. The Balaban J connectivity index is 1.15. The number of aryl methyl sites for hydroxylation is 1. The van der Waals surface area contributed by atoms with Gasteiger partial charge in [-0.25, -0.2) is 4.98 Å². The van der Waals surface area contributed by atoms with Crippen molar-refractivity contribution >= 4 is 45.5 Å². The summed E-state index contributed by atoms with van der Waals surface area (Å²) in [5.74, 6) is -0.00207. The quantitative estimate of drug-likeness (QED) is 0.348. The normalized spacial score (nSPS) is 18.9. The molecule has 1 fully saturated rings. The number of rotatable bonds is 5. The summed E-state index contributed by atoms with van der Waals surface area (Å²) in [6.45, 7) is 2.38. The van der Waals surface area contributed by atoms with Gasteiger partial charge < -0.3 is 9.74 Å². The third kappa shape index (κ3) is 5.43. The number of carbonyl (C=O) groups is 1. The van der Waals surface area contributed by atoms with Gasteiger partial charge >= 0.3 is 6.18 Å². The highest BCUT2D eigenvalue weighted by Gasteiger charge is 2.35. The van der Waals surface area contributed by atoms with Crippen molar-refractivity contribution in [1.82, 2.24) is 19.7 Å². The van der Waals surface area contributed by atoms with E-state index in [9.17, 15) is 18.0 Å². The molecule has 2 aromatic heterocycles. The fourth-order valence-corrected chi connectivity index (χ4v) is 6.00. The number of alkyl halides is 3. The Bertz CT molecular complexity index is 1300. The first-order valence-electron chi connectivity index (χ1n) is 11.5. The van der Waals surface area contributed by atoms with E-state index >= 15 is 0 Å². The summed E-state index contributed by atoms with van der Waals surface area (Å²) < 4.78 is 41.0. The van der Waals surface area contributed by atoms with Gasteiger partial charge in [-0.2, -0.15) is 18.3 Å². The van der Waals surface area contributed by atoms with E-state index < -0.39 is 11.9 Å². The molecule has 2 aliphatic heterocycles. The Morgan fingerprint density at radius 3 is 2.72 bits per heavy atom. The average molecular weight is 629 g/mol. The number of benzene rings is 1. The van der Waals surface area contributed by atoms with E-state index in [1.54, 1.807) is 16.2 Å². The molecule has 0 aliphatic carbocycles. The van der Waals surface area contributed by atoms with Crippen LogP contribution < -0.4 is 0 Å². The van der Waals surface area contributed by atoms with E-state index in [-0.39, 0.29) is 24.5 Å². The van der Waals surface area contributed by atoms with Crippen LogP contribution in [0.1, 0.15) is 58.9 Å². The van der Waals surface area contributed by atoms with Crippen molar-refractivity contribution in [2.45, 2.75) is 50.9 Å². The molecule has 2 aliphatic rings. The van der Waals surface area contributed by atoms with Crippen molar-refractivity contribution in [1.29, 1.82) is 0 Å². The molecule has 1 amide bonds. The molecule has 5 rings (SSSR count). The van der Waals surface area contributed by atoms with Gasteiger partial charge in [0.05, 0.1) is 10.7 Å². The van der Waals surface area contributed by atoms with Gasteiger partial charge in [0.15, 0.2) is 11.8 Å². The Kier molecular flexibility index (Phi) is 7.07. The Labute approximate surface area is 223 Å². The highest BCUT2D eigenvalue weighted by atomic mass is 127. The molecule has 190 valence electrons. The van der Waals surface area contributed by atoms with Gasteiger partial charge in [0.2, 0.25) is 5.91 Å². The summed E-state index contributed by atoms with van der Waals surface area (Å²) in [5, 5.41) is 10.9. The van der Waals surface area contributed by atoms with Crippen molar-refractivity contribution in [3.8, 4) is 0 Å². The Hall–Kier alpha value is -2.48. The highest BCUT2D eigenvalue weighted by Crippen LogP contribution is 2.34. The van der Waals surface area contributed by atoms with E-state index in [2.05, 4.69) is 38.9 Å². The second-order valence-corrected chi connectivity index (χ2v) is 11.1. The smallest absolute Gasteiger partial charge is 0.387 e. The van der Waals surface area contributed by atoms with Crippen LogP contribution in [0.3, 0.4) is 0 Å². The number of carbonyl (C=O) groups excluding carboxylic acids is 1. The lowest BCUT2D eigenvalue weighted by atomic mass is 9.97. The molecule has 1 saturated heterocycles. The number of thiazole rings is 1. The number of oxime groups is 1. The molecule has 0 saturated carbocycles. The summed E-state index contributed by atoms with van der Waals surface area (Å²) in [6.07, 6.45) is -2.47. The third-order valence-corrected chi connectivity index (χ3v) is 8.14. The number of aromatic nitrogens is 3. The zero-order chi connectivity index (χ0) is 25.4. The summed E-state index contributed by atoms with van der Waals surface area (Å²) in [4.78, 5) is 24.9. The maximum Gasteiger partial charge on any atom is 0.435 e. The Morgan fingerprint density at radius 2 is 2.03 bits per heavy atom. The molecule has 1 aromatic carbocycles. The third-order valence-electron chi connectivity index (χ3n) is 6.46. The lowest BCUT2D eigenvalue weighted by molar-refractivity contribution is -0.142. The molecule has 12 heteroatoms. The van der Waals surface area contributed by atoms with Crippen LogP contribution in [0, 0.1) is 10.5 Å². The summed E-state index contributed by atoms with van der Waals surface area (Å²) in [5.41, 5.74) is 2.09. The zero-order valence-corrected chi connectivity index (χ0v) is 22.3. The van der Waals surface area contributed by atoms with Crippen LogP contribution in [-0.4, -0.2) is 44.4 Å². The van der Waals surface area contributed by atoms with Crippen LogP contribution in [-0.2, 0) is 22.4 Å². The summed E-state index contributed by atoms with van der Waals surface area (Å²) in [7, 11) is 0. The number of halogens is 4. The van der Waals surface area contributed by atoms with Gasteiger partial charge in [-0.15, -0.1) is 11.3 Å². The highest BCUT2D eigenvalue weighted by molar-refractivity contribution is 14.1. The van der Waals surface area contributed by atoms with Crippen LogP contribution in [0.15, 0.2) is 40.9 Å². The molecule has 3 aromatic rings. The fraction of sp³-hybridized carbons (Fsp3) is 0.417.